The minimum Gasteiger partial charge on any atom is -0.481 e. The van der Waals surface area contributed by atoms with Crippen LogP contribution >= 0.6 is 0 Å². The van der Waals surface area contributed by atoms with E-state index in [9.17, 15) is 9.90 Å². The van der Waals surface area contributed by atoms with Gasteiger partial charge in [-0.25, -0.2) is 0 Å². The van der Waals surface area contributed by atoms with Crippen molar-refractivity contribution in [2.75, 3.05) is 0 Å². The first-order chi connectivity index (χ1) is 9.09. The highest BCUT2D eigenvalue weighted by atomic mass is 16.4. The number of rotatable bonds is 5. The molecule has 0 saturated heterocycles. The predicted molar refractivity (Wildman–Crippen MR) is 73.8 cm³/mol. The second kappa shape index (κ2) is 5.74. The SMILES string of the molecule is CCC1CCC(Cc2ccc(CO)cc2)(C(=O)O)C1. The lowest BCUT2D eigenvalue weighted by molar-refractivity contribution is -0.148. The van der Waals surface area contributed by atoms with Crippen LogP contribution in [0.2, 0.25) is 0 Å². The zero-order valence-electron chi connectivity index (χ0n) is 11.4. The minimum absolute atomic E-state index is 0.0300. The monoisotopic (exact) mass is 262 g/mol. The molecule has 0 bridgehead atoms. The number of aliphatic carboxylic acids is 1. The molecule has 0 radical (unpaired) electrons. The molecule has 1 aromatic carbocycles. The van der Waals surface area contributed by atoms with E-state index in [0.29, 0.717) is 12.3 Å². The van der Waals surface area contributed by atoms with E-state index in [1.54, 1.807) is 0 Å². The van der Waals surface area contributed by atoms with Gasteiger partial charge in [-0.3, -0.25) is 4.79 Å². The lowest BCUT2D eigenvalue weighted by atomic mass is 9.79. The van der Waals surface area contributed by atoms with E-state index in [1.807, 2.05) is 24.3 Å². The van der Waals surface area contributed by atoms with Gasteiger partial charge >= 0.3 is 5.97 Å². The Balaban J connectivity index is 2.15. The van der Waals surface area contributed by atoms with Crippen LogP contribution in [-0.2, 0) is 17.8 Å². The minimum atomic E-state index is -0.658. The molecule has 1 aliphatic carbocycles. The van der Waals surface area contributed by atoms with E-state index >= 15 is 0 Å². The van der Waals surface area contributed by atoms with Gasteiger partial charge in [0.15, 0.2) is 0 Å². The predicted octanol–water partition coefficient (Wildman–Crippen LogP) is 3.00. The summed E-state index contributed by atoms with van der Waals surface area (Å²) in [7, 11) is 0. The molecule has 2 rings (SSSR count). The van der Waals surface area contributed by atoms with Crippen LogP contribution in [0.15, 0.2) is 24.3 Å². The fourth-order valence-corrected chi connectivity index (χ4v) is 3.17. The van der Waals surface area contributed by atoms with Crippen LogP contribution in [0.5, 0.6) is 0 Å². The molecule has 1 aromatic rings. The molecule has 1 fully saturated rings. The first kappa shape index (κ1) is 14.1. The zero-order valence-corrected chi connectivity index (χ0v) is 11.4. The van der Waals surface area contributed by atoms with Crippen LogP contribution in [0.1, 0.15) is 43.7 Å². The molecule has 2 unspecified atom stereocenters. The summed E-state index contributed by atoms with van der Waals surface area (Å²) in [5.41, 5.74) is 1.34. The zero-order chi connectivity index (χ0) is 13.9. The molecule has 1 aliphatic rings. The molecule has 0 aliphatic heterocycles. The Labute approximate surface area is 114 Å². The van der Waals surface area contributed by atoms with Gasteiger partial charge in [0.05, 0.1) is 12.0 Å². The number of carboxylic acid groups (broad SMARTS) is 1. The van der Waals surface area contributed by atoms with Gasteiger partial charge in [-0.05, 0) is 42.7 Å². The molecule has 2 N–H and O–H groups in total. The smallest absolute Gasteiger partial charge is 0.309 e. The van der Waals surface area contributed by atoms with E-state index in [-0.39, 0.29) is 6.61 Å². The molecule has 0 aromatic heterocycles. The number of hydrogen-bond acceptors (Lipinski definition) is 2. The van der Waals surface area contributed by atoms with E-state index in [4.69, 9.17) is 5.11 Å². The summed E-state index contributed by atoms with van der Waals surface area (Å²) in [6, 6.07) is 7.62. The van der Waals surface area contributed by atoms with Crippen molar-refractivity contribution in [3.8, 4) is 0 Å². The molecule has 0 amide bonds. The Morgan fingerprint density at radius 3 is 2.42 bits per heavy atom. The largest absolute Gasteiger partial charge is 0.481 e. The molecular formula is C16H22O3. The summed E-state index contributed by atoms with van der Waals surface area (Å²) in [6.07, 6.45) is 4.27. The average Bonchev–Trinajstić information content (AvgIpc) is 2.84. The molecule has 3 heteroatoms. The lowest BCUT2D eigenvalue weighted by Gasteiger charge is -2.24. The normalized spacial score (nSPS) is 26.5. The average molecular weight is 262 g/mol. The Bertz CT molecular complexity index is 438. The second-order valence-electron chi connectivity index (χ2n) is 5.75. The summed E-state index contributed by atoms with van der Waals surface area (Å²) in [5, 5.41) is 18.6. The van der Waals surface area contributed by atoms with Gasteiger partial charge in [-0.1, -0.05) is 37.6 Å². The first-order valence-corrected chi connectivity index (χ1v) is 7.01. The third-order valence-electron chi connectivity index (χ3n) is 4.49. The second-order valence-corrected chi connectivity index (χ2v) is 5.75. The highest BCUT2D eigenvalue weighted by Gasteiger charge is 2.44. The van der Waals surface area contributed by atoms with Crippen molar-refractivity contribution in [1.82, 2.24) is 0 Å². The molecule has 19 heavy (non-hydrogen) atoms. The highest BCUT2D eigenvalue weighted by molar-refractivity contribution is 5.75. The highest BCUT2D eigenvalue weighted by Crippen LogP contribution is 2.45. The number of hydrogen-bond donors (Lipinski definition) is 2. The van der Waals surface area contributed by atoms with Crippen molar-refractivity contribution < 1.29 is 15.0 Å². The third-order valence-corrected chi connectivity index (χ3v) is 4.49. The van der Waals surface area contributed by atoms with Gasteiger partial charge in [-0.2, -0.15) is 0 Å². The van der Waals surface area contributed by atoms with E-state index in [2.05, 4.69) is 6.92 Å². The quantitative estimate of drug-likeness (QED) is 0.857. The van der Waals surface area contributed by atoms with Crippen molar-refractivity contribution in [2.24, 2.45) is 11.3 Å². The number of aliphatic hydroxyl groups excluding tert-OH is 1. The molecule has 0 heterocycles. The van der Waals surface area contributed by atoms with Crippen molar-refractivity contribution in [3.05, 3.63) is 35.4 Å². The molecule has 104 valence electrons. The van der Waals surface area contributed by atoms with Crippen LogP contribution in [0.4, 0.5) is 0 Å². The molecule has 1 saturated carbocycles. The van der Waals surface area contributed by atoms with Crippen LogP contribution in [0.3, 0.4) is 0 Å². The Morgan fingerprint density at radius 2 is 1.95 bits per heavy atom. The number of benzene rings is 1. The van der Waals surface area contributed by atoms with Gasteiger partial charge < -0.3 is 10.2 Å². The van der Waals surface area contributed by atoms with E-state index in [0.717, 1.165) is 36.8 Å². The maximum absolute atomic E-state index is 11.7. The molecule has 0 spiro atoms. The fraction of sp³-hybridized carbons (Fsp3) is 0.562. The third kappa shape index (κ3) is 2.98. The summed E-state index contributed by atoms with van der Waals surface area (Å²) in [5.74, 6) is -0.109. The first-order valence-electron chi connectivity index (χ1n) is 7.01. The molecular weight excluding hydrogens is 240 g/mol. The Morgan fingerprint density at radius 1 is 1.32 bits per heavy atom. The maximum atomic E-state index is 11.7. The van der Waals surface area contributed by atoms with Gasteiger partial charge in [-0.15, -0.1) is 0 Å². The number of aliphatic hydroxyl groups is 1. The van der Waals surface area contributed by atoms with E-state index in [1.165, 1.54) is 0 Å². The van der Waals surface area contributed by atoms with Gasteiger partial charge in [0.25, 0.3) is 0 Å². The standard InChI is InChI=1S/C16H22O3/c1-2-12-7-8-16(9-12,15(18)19)10-13-3-5-14(11-17)6-4-13/h3-6,12,17H,2,7-11H2,1H3,(H,18,19). The van der Waals surface area contributed by atoms with Crippen LogP contribution < -0.4 is 0 Å². The van der Waals surface area contributed by atoms with Crippen LogP contribution in [-0.4, -0.2) is 16.2 Å². The molecule has 3 nitrogen and oxygen atoms in total. The van der Waals surface area contributed by atoms with Crippen LogP contribution in [0.25, 0.3) is 0 Å². The number of carbonyl (C=O) groups is 1. The Hall–Kier alpha value is -1.35. The van der Waals surface area contributed by atoms with Crippen molar-refractivity contribution in [3.63, 3.8) is 0 Å². The number of carboxylic acids is 1. The Kier molecular flexibility index (Phi) is 4.25. The lowest BCUT2D eigenvalue weighted by Crippen LogP contribution is -2.30. The van der Waals surface area contributed by atoms with Gasteiger partial charge in [0.2, 0.25) is 0 Å². The molecule has 2 atom stereocenters. The van der Waals surface area contributed by atoms with Gasteiger partial charge in [0.1, 0.15) is 0 Å². The maximum Gasteiger partial charge on any atom is 0.309 e. The fourth-order valence-electron chi connectivity index (χ4n) is 3.17. The van der Waals surface area contributed by atoms with Crippen molar-refractivity contribution in [1.29, 1.82) is 0 Å². The topological polar surface area (TPSA) is 57.5 Å². The summed E-state index contributed by atoms with van der Waals surface area (Å²) >= 11 is 0. The summed E-state index contributed by atoms with van der Waals surface area (Å²) in [4.78, 5) is 11.7. The summed E-state index contributed by atoms with van der Waals surface area (Å²) in [6.45, 7) is 2.17. The van der Waals surface area contributed by atoms with E-state index < -0.39 is 11.4 Å². The van der Waals surface area contributed by atoms with Crippen molar-refractivity contribution >= 4 is 5.97 Å². The summed E-state index contributed by atoms with van der Waals surface area (Å²) < 4.78 is 0. The van der Waals surface area contributed by atoms with Crippen LogP contribution in [0, 0.1) is 11.3 Å². The van der Waals surface area contributed by atoms with Gasteiger partial charge in [0, 0.05) is 0 Å². The van der Waals surface area contributed by atoms with Crippen molar-refractivity contribution in [2.45, 2.75) is 45.6 Å².